The first kappa shape index (κ1) is 23.9. The monoisotopic (exact) mass is 493 g/mol. The maximum absolute atomic E-state index is 12.6. The molecular formula is C22H25BrClN3O3. The highest BCUT2D eigenvalue weighted by Gasteiger charge is 2.23. The molecule has 0 saturated carbocycles. The molecule has 0 aliphatic carbocycles. The van der Waals surface area contributed by atoms with Crippen LogP contribution >= 0.6 is 27.5 Å². The van der Waals surface area contributed by atoms with Crippen LogP contribution in [0.15, 0.2) is 46.9 Å². The van der Waals surface area contributed by atoms with Crippen molar-refractivity contribution in [2.24, 2.45) is 5.92 Å². The summed E-state index contributed by atoms with van der Waals surface area (Å²) in [7, 11) is 0. The Kier molecular flexibility index (Phi) is 8.87. The summed E-state index contributed by atoms with van der Waals surface area (Å²) in [5.41, 5.74) is 1.98. The first-order valence-electron chi connectivity index (χ1n) is 9.56. The Hall–Kier alpha value is -2.38. The van der Waals surface area contributed by atoms with Gasteiger partial charge in [-0.3, -0.25) is 14.4 Å². The van der Waals surface area contributed by atoms with Crippen LogP contribution in [0.4, 0.5) is 5.69 Å². The van der Waals surface area contributed by atoms with Crippen LogP contribution in [0.5, 0.6) is 0 Å². The summed E-state index contributed by atoms with van der Waals surface area (Å²) in [5.74, 6) is -0.956. The molecule has 0 heterocycles. The zero-order chi connectivity index (χ0) is 22.3. The highest BCUT2D eigenvalue weighted by atomic mass is 79.9. The Morgan fingerprint density at radius 1 is 1.07 bits per heavy atom. The number of anilines is 1. The van der Waals surface area contributed by atoms with Gasteiger partial charge >= 0.3 is 0 Å². The van der Waals surface area contributed by atoms with Crippen molar-refractivity contribution in [3.63, 3.8) is 0 Å². The van der Waals surface area contributed by atoms with Gasteiger partial charge in [0.05, 0.1) is 6.54 Å². The molecule has 0 radical (unpaired) electrons. The molecule has 1 atom stereocenters. The van der Waals surface area contributed by atoms with Crippen LogP contribution in [0, 0.1) is 12.8 Å². The summed E-state index contributed by atoms with van der Waals surface area (Å²) < 4.78 is 0.916. The van der Waals surface area contributed by atoms with Gasteiger partial charge in [0, 0.05) is 20.7 Å². The van der Waals surface area contributed by atoms with Crippen molar-refractivity contribution in [3.8, 4) is 0 Å². The van der Waals surface area contributed by atoms with Crippen LogP contribution in [0.2, 0.25) is 5.02 Å². The van der Waals surface area contributed by atoms with E-state index >= 15 is 0 Å². The molecule has 0 aliphatic rings. The topological polar surface area (TPSA) is 87.3 Å². The van der Waals surface area contributed by atoms with Crippen molar-refractivity contribution < 1.29 is 14.4 Å². The lowest BCUT2D eigenvalue weighted by Crippen LogP contribution is -2.49. The number of carbonyl (C=O) groups excluding carboxylic acids is 3. The smallest absolute Gasteiger partial charge is 0.251 e. The predicted molar refractivity (Wildman–Crippen MR) is 123 cm³/mol. The Bertz CT molecular complexity index is 916. The molecular weight excluding hydrogens is 470 g/mol. The lowest BCUT2D eigenvalue weighted by Gasteiger charge is -2.20. The van der Waals surface area contributed by atoms with Crippen LogP contribution in [-0.2, 0) is 9.59 Å². The van der Waals surface area contributed by atoms with Crippen LogP contribution in [0.25, 0.3) is 0 Å². The summed E-state index contributed by atoms with van der Waals surface area (Å²) in [6.45, 7) is 5.60. The van der Waals surface area contributed by atoms with E-state index in [0.29, 0.717) is 22.7 Å². The van der Waals surface area contributed by atoms with Crippen LogP contribution < -0.4 is 16.0 Å². The summed E-state index contributed by atoms with van der Waals surface area (Å²) in [6, 6.07) is 11.2. The standard InChI is InChI=1S/C22H25BrClN3O3/c1-13(2)10-19(27-21(29)15-4-7-17(24)8-5-15)22(30)25-12-20(28)26-18-9-6-16(23)11-14(18)3/h4-9,11,13,19H,10,12H2,1-3H3,(H,25,30)(H,26,28)(H,27,29). The summed E-state index contributed by atoms with van der Waals surface area (Å²) >= 11 is 9.23. The summed E-state index contributed by atoms with van der Waals surface area (Å²) in [4.78, 5) is 37.4. The van der Waals surface area contributed by atoms with E-state index in [1.54, 1.807) is 30.3 Å². The molecule has 2 aromatic rings. The third-order valence-corrected chi connectivity index (χ3v) is 5.07. The van der Waals surface area contributed by atoms with Gasteiger partial charge in [-0.25, -0.2) is 0 Å². The van der Waals surface area contributed by atoms with Crippen molar-refractivity contribution in [3.05, 3.63) is 63.1 Å². The van der Waals surface area contributed by atoms with Gasteiger partial charge < -0.3 is 16.0 Å². The van der Waals surface area contributed by atoms with E-state index in [9.17, 15) is 14.4 Å². The number of aryl methyl sites for hydroxylation is 1. The number of amides is 3. The average Bonchev–Trinajstić information content (AvgIpc) is 2.68. The molecule has 2 rings (SSSR count). The minimum atomic E-state index is -0.754. The number of hydrogen-bond donors (Lipinski definition) is 3. The lowest BCUT2D eigenvalue weighted by molar-refractivity contribution is -0.125. The molecule has 0 aromatic heterocycles. The molecule has 3 N–H and O–H groups in total. The van der Waals surface area contributed by atoms with E-state index in [2.05, 4.69) is 31.9 Å². The molecule has 0 bridgehead atoms. The zero-order valence-corrected chi connectivity index (χ0v) is 19.4. The Balaban J connectivity index is 1.96. The highest BCUT2D eigenvalue weighted by molar-refractivity contribution is 9.10. The Morgan fingerprint density at radius 3 is 2.33 bits per heavy atom. The molecule has 0 spiro atoms. The van der Waals surface area contributed by atoms with Crippen molar-refractivity contribution >= 4 is 50.9 Å². The van der Waals surface area contributed by atoms with E-state index in [1.807, 2.05) is 32.9 Å². The Labute approximate surface area is 189 Å². The minimum Gasteiger partial charge on any atom is -0.345 e. The third-order valence-electron chi connectivity index (χ3n) is 4.32. The second-order valence-electron chi connectivity index (χ2n) is 7.39. The van der Waals surface area contributed by atoms with E-state index in [4.69, 9.17) is 11.6 Å². The SMILES string of the molecule is Cc1cc(Br)ccc1NC(=O)CNC(=O)C(CC(C)C)NC(=O)c1ccc(Cl)cc1. The first-order chi connectivity index (χ1) is 14.2. The Morgan fingerprint density at radius 2 is 1.73 bits per heavy atom. The molecule has 0 saturated heterocycles. The zero-order valence-electron chi connectivity index (χ0n) is 17.1. The number of nitrogens with one attached hydrogen (secondary N) is 3. The van der Waals surface area contributed by atoms with Gasteiger partial charge in [0.25, 0.3) is 5.91 Å². The average molecular weight is 495 g/mol. The second-order valence-corrected chi connectivity index (χ2v) is 8.74. The molecule has 8 heteroatoms. The van der Waals surface area contributed by atoms with Gasteiger partial charge in [-0.2, -0.15) is 0 Å². The fraction of sp³-hybridized carbons (Fsp3) is 0.318. The quantitative estimate of drug-likeness (QED) is 0.511. The van der Waals surface area contributed by atoms with Gasteiger partial charge in [0.2, 0.25) is 11.8 Å². The molecule has 0 aliphatic heterocycles. The number of rotatable bonds is 8. The number of halogens is 2. The lowest BCUT2D eigenvalue weighted by atomic mass is 10.0. The summed E-state index contributed by atoms with van der Waals surface area (Å²) in [5, 5.41) is 8.64. The van der Waals surface area contributed by atoms with Gasteiger partial charge in [-0.15, -0.1) is 0 Å². The van der Waals surface area contributed by atoms with Crippen LogP contribution in [0.3, 0.4) is 0 Å². The molecule has 6 nitrogen and oxygen atoms in total. The van der Waals surface area contributed by atoms with Gasteiger partial charge in [-0.05, 0) is 67.3 Å². The van der Waals surface area contributed by atoms with Crippen molar-refractivity contribution in [2.75, 3.05) is 11.9 Å². The van der Waals surface area contributed by atoms with E-state index in [0.717, 1.165) is 10.0 Å². The predicted octanol–water partition coefficient (Wildman–Crippen LogP) is 4.31. The van der Waals surface area contributed by atoms with Gasteiger partial charge in [-0.1, -0.05) is 41.4 Å². The number of hydrogen-bond acceptors (Lipinski definition) is 3. The minimum absolute atomic E-state index is 0.172. The molecule has 0 fully saturated rings. The van der Waals surface area contributed by atoms with E-state index in [1.165, 1.54) is 0 Å². The second kappa shape index (κ2) is 11.1. The number of benzene rings is 2. The molecule has 1 unspecified atom stereocenters. The largest absolute Gasteiger partial charge is 0.345 e. The van der Waals surface area contributed by atoms with E-state index in [-0.39, 0.29) is 24.3 Å². The number of carbonyl (C=O) groups is 3. The van der Waals surface area contributed by atoms with Crippen molar-refractivity contribution in [1.29, 1.82) is 0 Å². The van der Waals surface area contributed by atoms with Gasteiger partial charge in [0.15, 0.2) is 0 Å². The van der Waals surface area contributed by atoms with Crippen LogP contribution in [0.1, 0.15) is 36.2 Å². The maximum Gasteiger partial charge on any atom is 0.251 e. The molecule has 30 heavy (non-hydrogen) atoms. The fourth-order valence-electron chi connectivity index (χ4n) is 2.80. The molecule has 160 valence electrons. The molecule has 2 aromatic carbocycles. The van der Waals surface area contributed by atoms with Gasteiger partial charge in [0.1, 0.15) is 6.04 Å². The van der Waals surface area contributed by atoms with E-state index < -0.39 is 11.9 Å². The highest BCUT2D eigenvalue weighted by Crippen LogP contribution is 2.19. The van der Waals surface area contributed by atoms with Crippen molar-refractivity contribution in [2.45, 2.75) is 33.2 Å². The normalized spacial score (nSPS) is 11.7. The molecule has 3 amide bonds. The summed E-state index contributed by atoms with van der Waals surface area (Å²) in [6.07, 6.45) is 0.443. The van der Waals surface area contributed by atoms with Crippen molar-refractivity contribution in [1.82, 2.24) is 10.6 Å². The fourth-order valence-corrected chi connectivity index (χ4v) is 3.40. The van der Waals surface area contributed by atoms with Crippen LogP contribution in [-0.4, -0.2) is 30.3 Å². The maximum atomic E-state index is 12.6. The first-order valence-corrected chi connectivity index (χ1v) is 10.7. The third kappa shape index (κ3) is 7.46.